The smallest absolute Gasteiger partial charge is 0.220 e. The number of nitrogens with one attached hydrogen (secondary N) is 1. The van der Waals surface area contributed by atoms with E-state index < -0.39 is 0 Å². The highest BCUT2D eigenvalue weighted by Crippen LogP contribution is 2.34. The zero-order valence-electron chi connectivity index (χ0n) is 10.2. The molecule has 0 saturated heterocycles. The van der Waals surface area contributed by atoms with E-state index in [1.54, 1.807) is 0 Å². The van der Waals surface area contributed by atoms with Crippen molar-refractivity contribution in [1.82, 2.24) is 10.2 Å². The molecule has 17 heavy (non-hydrogen) atoms. The number of aromatic nitrogens is 2. The number of nitrogen functional groups attached to an aromatic ring is 1. The molecule has 0 atom stereocenters. The molecule has 0 spiro atoms. The molecule has 1 aromatic carbocycles. The van der Waals surface area contributed by atoms with Gasteiger partial charge < -0.3 is 0 Å². The molecule has 1 heterocycles. The summed E-state index contributed by atoms with van der Waals surface area (Å²) in [7, 11) is 0. The van der Waals surface area contributed by atoms with Crippen molar-refractivity contribution < 1.29 is 0 Å². The van der Waals surface area contributed by atoms with Crippen molar-refractivity contribution >= 4 is 16.5 Å². The van der Waals surface area contributed by atoms with Crippen molar-refractivity contribution in [1.29, 1.82) is 0 Å². The van der Waals surface area contributed by atoms with Crippen molar-refractivity contribution in [2.24, 2.45) is 5.84 Å². The first-order valence-corrected chi connectivity index (χ1v) is 6.24. The summed E-state index contributed by atoms with van der Waals surface area (Å²) in [6.07, 6.45) is 0. The number of benzene rings is 1. The van der Waals surface area contributed by atoms with Crippen molar-refractivity contribution in [2.45, 2.75) is 26.2 Å². The molecule has 90 valence electrons. The summed E-state index contributed by atoms with van der Waals surface area (Å²) in [5.74, 6) is 5.32. The van der Waals surface area contributed by atoms with Crippen LogP contribution < -0.4 is 11.3 Å². The van der Waals surface area contributed by atoms with E-state index in [4.69, 9.17) is 5.84 Å². The van der Waals surface area contributed by atoms with Gasteiger partial charge in [0.15, 0.2) is 0 Å². The summed E-state index contributed by atoms with van der Waals surface area (Å²) in [5, 5.41) is 9.64. The summed E-state index contributed by atoms with van der Waals surface area (Å²) in [6.45, 7) is 6.57. The van der Waals surface area contributed by atoms with Crippen LogP contribution in [0.3, 0.4) is 0 Å². The van der Waals surface area contributed by atoms with Gasteiger partial charge in [-0.3, -0.25) is 5.43 Å². The van der Waals surface area contributed by atoms with Crippen molar-refractivity contribution in [3.8, 4) is 10.6 Å². The van der Waals surface area contributed by atoms with Gasteiger partial charge in [0.1, 0.15) is 5.01 Å². The predicted molar refractivity (Wildman–Crippen MR) is 71.9 cm³/mol. The van der Waals surface area contributed by atoms with Gasteiger partial charge in [-0.05, 0) is 11.0 Å². The number of hydrogen-bond donors (Lipinski definition) is 2. The molecule has 0 fully saturated rings. The molecule has 3 N–H and O–H groups in total. The zero-order valence-corrected chi connectivity index (χ0v) is 11.0. The summed E-state index contributed by atoms with van der Waals surface area (Å²) < 4.78 is 0. The van der Waals surface area contributed by atoms with E-state index in [1.165, 1.54) is 16.9 Å². The first-order valence-electron chi connectivity index (χ1n) is 5.42. The number of rotatable bonds is 2. The Balaban J connectivity index is 2.52. The maximum Gasteiger partial charge on any atom is 0.220 e. The molecule has 1 aromatic heterocycles. The maximum atomic E-state index is 5.32. The average Bonchev–Trinajstić information content (AvgIpc) is 2.76. The monoisotopic (exact) mass is 248 g/mol. The molecule has 0 radical (unpaired) electrons. The normalized spacial score (nSPS) is 11.5. The van der Waals surface area contributed by atoms with Gasteiger partial charge >= 0.3 is 0 Å². The third kappa shape index (κ3) is 2.45. The first kappa shape index (κ1) is 12.0. The Kier molecular flexibility index (Phi) is 3.13. The Bertz CT molecular complexity index is 513. The second-order valence-electron chi connectivity index (χ2n) is 4.85. The van der Waals surface area contributed by atoms with Gasteiger partial charge in [0.05, 0.1) is 0 Å². The van der Waals surface area contributed by atoms with Crippen molar-refractivity contribution in [3.05, 3.63) is 29.8 Å². The van der Waals surface area contributed by atoms with E-state index >= 15 is 0 Å². The lowest BCUT2D eigenvalue weighted by Crippen LogP contribution is -2.12. The summed E-state index contributed by atoms with van der Waals surface area (Å²) in [6, 6.07) is 8.27. The number of nitrogens with zero attached hydrogens (tertiary/aromatic N) is 2. The Morgan fingerprint density at radius 2 is 1.88 bits per heavy atom. The molecule has 5 heteroatoms. The molecule has 2 rings (SSSR count). The Morgan fingerprint density at radius 3 is 2.47 bits per heavy atom. The van der Waals surface area contributed by atoms with Gasteiger partial charge in [-0.2, -0.15) is 0 Å². The zero-order chi connectivity index (χ0) is 12.5. The van der Waals surface area contributed by atoms with Crippen LogP contribution in [0.15, 0.2) is 24.3 Å². The number of hydrazine groups is 1. The minimum absolute atomic E-state index is 0.0819. The van der Waals surface area contributed by atoms with E-state index in [2.05, 4.69) is 48.5 Å². The van der Waals surface area contributed by atoms with Crippen LogP contribution in [0.5, 0.6) is 0 Å². The highest BCUT2D eigenvalue weighted by atomic mass is 32.1. The van der Waals surface area contributed by atoms with Crippen LogP contribution in [0.4, 0.5) is 5.13 Å². The third-order valence-electron chi connectivity index (χ3n) is 2.51. The average molecular weight is 248 g/mol. The fourth-order valence-electron chi connectivity index (χ4n) is 1.71. The molecule has 4 nitrogen and oxygen atoms in total. The molecule has 0 amide bonds. The highest BCUT2D eigenvalue weighted by Gasteiger charge is 2.20. The third-order valence-corrected chi connectivity index (χ3v) is 3.40. The van der Waals surface area contributed by atoms with Gasteiger partial charge in [-0.1, -0.05) is 56.4 Å². The molecule has 0 unspecified atom stereocenters. The van der Waals surface area contributed by atoms with Crippen molar-refractivity contribution in [2.75, 3.05) is 5.43 Å². The lowest BCUT2D eigenvalue weighted by atomic mass is 9.84. The Labute approximate surface area is 105 Å². The fraction of sp³-hybridized carbons (Fsp3) is 0.333. The molecule has 0 bridgehead atoms. The minimum Gasteiger partial charge on any atom is -0.298 e. The van der Waals surface area contributed by atoms with Gasteiger partial charge in [-0.25, -0.2) is 5.84 Å². The summed E-state index contributed by atoms with van der Waals surface area (Å²) in [5.41, 5.74) is 4.99. The lowest BCUT2D eigenvalue weighted by Gasteiger charge is -2.21. The second kappa shape index (κ2) is 4.43. The van der Waals surface area contributed by atoms with Crippen LogP contribution in [0.1, 0.15) is 26.3 Å². The summed E-state index contributed by atoms with van der Waals surface area (Å²) >= 11 is 1.46. The van der Waals surface area contributed by atoms with Crippen LogP contribution in [0.2, 0.25) is 0 Å². The SMILES string of the molecule is CC(C)(C)c1ccccc1-c1nnc(NN)s1. The predicted octanol–water partition coefficient (Wildman–Crippen LogP) is 2.79. The van der Waals surface area contributed by atoms with Gasteiger partial charge in [0.2, 0.25) is 5.13 Å². The second-order valence-corrected chi connectivity index (χ2v) is 5.83. The van der Waals surface area contributed by atoms with Crippen LogP contribution in [0, 0.1) is 0 Å². The van der Waals surface area contributed by atoms with E-state index in [0.717, 1.165) is 10.6 Å². The Hall–Kier alpha value is -1.46. The first-order chi connectivity index (χ1) is 8.02. The number of anilines is 1. The van der Waals surface area contributed by atoms with E-state index in [0.29, 0.717) is 5.13 Å². The number of nitrogens with two attached hydrogens (primary N) is 1. The molecular weight excluding hydrogens is 232 g/mol. The van der Waals surface area contributed by atoms with E-state index in [9.17, 15) is 0 Å². The van der Waals surface area contributed by atoms with Gasteiger partial charge in [-0.15, -0.1) is 10.2 Å². The summed E-state index contributed by atoms with van der Waals surface area (Å²) in [4.78, 5) is 0. The number of hydrogen-bond acceptors (Lipinski definition) is 5. The molecular formula is C12H16N4S. The molecule has 0 aliphatic rings. The molecule has 2 aromatic rings. The van der Waals surface area contributed by atoms with Crippen LogP contribution in [-0.2, 0) is 5.41 Å². The van der Waals surface area contributed by atoms with Crippen molar-refractivity contribution in [3.63, 3.8) is 0 Å². The van der Waals surface area contributed by atoms with Gasteiger partial charge in [0.25, 0.3) is 0 Å². The lowest BCUT2D eigenvalue weighted by molar-refractivity contribution is 0.592. The Morgan fingerprint density at radius 1 is 1.18 bits per heavy atom. The maximum absolute atomic E-state index is 5.32. The van der Waals surface area contributed by atoms with Crippen LogP contribution >= 0.6 is 11.3 Å². The van der Waals surface area contributed by atoms with E-state index in [1.807, 2.05) is 12.1 Å². The largest absolute Gasteiger partial charge is 0.298 e. The highest BCUT2D eigenvalue weighted by molar-refractivity contribution is 7.18. The van der Waals surface area contributed by atoms with E-state index in [-0.39, 0.29) is 5.41 Å². The molecule has 0 aliphatic heterocycles. The van der Waals surface area contributed by atoms with Crippen LogP contribution in [0.25, 0.3) is 10.6 Å². The fourth-order valence-corrected chi connectivity index (χ4v) is 2.41. The molecule has 0 aliphatic carbocycles. The molecule has 0 saturated carbocycles. The quantitative estimate of drug-likeness (QED) is 0.633. The topological polar surface area (TPSA) is 63.8 Å². The minimum atomic E-state index is 0.0819. The standard InChI is InChI=1S/C12H16N4S/c1-12(2,3)9-7-5-4-6-8(9)10-15-16-11(14-13)17-10/h4-7H,13H2,1-3H3,(H,14,16). The van der Waals surface area contributed by atoms with Crippen LogP contribution in [-0.4, -0.2) is 10.2 Å². The van der Waals surface area contributed by atoms with Gasteiger partial charge in [0, 0.05) is 5.56 Å².